The number of benzene rings is 2. The minimum atomic E-state index is -0.357. The number of fused-ring (bicyclic) bond motifs is 1. The van der Waals surface area contributed by atoms with Crippen molar-refractivity contribution in [2.24, 2.45) is 5.10 Å². The van der Waals surface area contributed by atoms with Crippen LogP contribution in [0.15, 0.2) is 47.6 Å². The number of hydrogen-bond acceptors (Lipinski definition) is 6. The van der Waals surface area contributed by atoms with Gasteiger partial charge in [-0.3, -0.25) is 4.79 Å². The zero-order valence-electron chi connectivity index (χ0n) is 19.6. The largest absolute Gasteiger partial charge is 0.497 e. The summed E-state index contributed by atoms with van der Waals surface area (Å²) in [5, 5.41) is 4.09. The highest BCUT2D eigenvalue weighted by Crippen LogP contribution is 2.41. The maximum absolute atomic E-state index is 12.1. The molecule has 1 N–H and O–H groups in total. The van der Waals surface area contributed by atoms with E-state index in [9.17, 15) is 4.79 Å². The molecule has 0 saturated heterocycles. The summed E-state index contributed by atoms with van der Waals surface area (Å²) in [7, 11) is 3.23. The van der Waals surface area contributed by atoms with Crippen molar-refractivity contribution >= 4 is 23.4 Å². The SMILES string of the molecule is CCN1c2cc(OC)c(/C=N/NC(=O)COc3ccc(OC)cc3)cc2C(C)=CC1(C)C. The molecule has 3 rings (SSSR count). The molecular formula is C25H31N3O4. The van der Waals surface area contributed by atoms with Crippen LogP contribution in [0.2, 0.25) is 0 Å². The van der Waals surface area contributed by atoms with E-state index >= 15 is 0 Å². The fraction of sp³-hybridized carbons (Fsp3) is 0.360. The first-order valence-electron chi connectivity index (χ1n) is 10.6. The first-order valence-corrected chi connectivity index (χ1v) is 10.6. The molecule has 2 aromatic carbocycles. The van der Waals surface area contributed by atoms with Crippen molar-refractivity contribution in [1.82, 2.24) is 5.43 Å². The normalized spacial score (nSPS) is 14.6. The topological polar surface area (TPSA) is 72.4 Å². The summed E-state index contributed by atoms with van der Waals surface area (Å²) in [6, 6.07) is 11.1. The average Bonchev–Trinajstić information content (AvgIpc) is 2.77. The van der Waals surface area contributed by atoms with E-state index in [-0.39, 0.29) is 18.1 Å². The smallest absolute Gasteiger partial charge is 0.277 e. The summed E-state index contributed by atoms with van der Waals surface area (Å²) < 4.78 is 16.2. The van der Waals surface area contributed by atoms with Gasteiger partial charge < -0.3 is 19.1 Å². The molecule has 170 valence electrons. The number of carbonyl (C=O) groups excluding carboxylic acids is 1. The standard InChI is InChI=1S/C25H31N3O4/c1-7-28-22-13-23(31-6)18(12-21(22)17(2)14-25(28,3)4)15-26-27-24(29)16-32-20-10-8-19(30-5)9-11-20/h8-15H,7,16H2,1-6H3,(H,27,29)/b26-15+. The predicted octanol–water partition coefficient (Wildman–Crippen LogP) is 4.25. The van der Waals surface area contributed by atoms with E-state index in [2.05, 4.69) is 49.2 Å². The van der Waals surface area contributed by atoms with E-state index in [4.69, 9.17) is 14.2 Å². The van der Waals surface area contributed by atoms with Crippen LogP contribution >= 0.6 is 0 Å². The summed E-state index contributed by atoms with van der Waals surface area (Å²) >= 11 is 0. The minimum absolute atomic E-state index is 0.0791. The van der Waals surface area contributed by atoms with Crippen molar-refractivity contribution in [1.29, 1.82) is 0 Å². The highest BCUT2D eigenvalue weighted by Gasteiger charge is 2.31. The van der Waals surface area contributed by atoms with E-state index < -0.39 is 0 Å². The Labute approximate surface area is 189 Å². The lowest BCUT2D eigenvalue weighted by molar-refractivity contribution is -0.123. The van der Waals surface area contributed by atoms with Gasteiger partial charge in [-0.05, 0) is 63.6 Å². The number of nitrogens with one attached hydrogen (secondary N) is 1. The number of allylic oxidation sites excluding steroid dienone is 1. The van der Waals surface area contributed by atoms with Crippen LogP contribution in [-0.4, -0.2) is 45.0 Å². The van der Waals surface area contributed by atoms with Gasteiger partial charge in [-0.15, -0.1) is 0 Å². The highest BCUT2D eigenvalue weighted by molar-refractivity contribution is 5.91. The lowest BCUT2D eigenvalue weighted by Crippen LogP contribution is -2.44. The Balaban J connectivity index is 1.70. The number of carbonyl (C=O) groups is 1. The maximum Gasteiger partial charge on any atom is 0.277 e. The second-order valence-electron chi connectivity index (χ2n) is 8.09. The molecule has 1 amide bonds. The van der Waals surface area contributed by atoms with E-state index in [0.717, 1.165) is 29.1 Å². The third-order valence-corrected chi connectivity index (χ3v) is 5.47. The van der Waals surface area contributed by atoms with Gasteiger partial charge in [-0.2, -0.15) is 5.10 Å². The van der Waals surface area contributed by atoms with Crippen LogP contribution in [0.5, 0.6) is 17.2 Å². The van der Waals surface area contributed by atoms with Crippen molar-refractivity contribution in [3.63, 3.8) is 0 Å². The number of hydrazone groups is 1. The number of likely N-dealkylation sites (N-methyl/N-ethyl adjacent to an activating group) is 1. The molecule has 0 saturated carbocycles. The summed E-state index contributed by atoms with van der Waals surface area (Å²) in [4.78, 5) is 14.4. The fourth-order valence-corrected chi connectivity index (χ4v) is 4.00. The number of ether oxygens (including phenoxy) is 3. The first kappa shape index (κ1) is 23.2. The van der Waals surface area contributed by atoms with Crippen LogP contribution in [0.25, 0.3) is 5.57 Å². The maximum atomic E-state index is 12.1. The van der Waals surface area contributed by atoms with Crippen molar-refractivity contribution in [3.8, 4) is 17.2 Å². The van der Waals surface area contributed by atoms with Gasteiger partial charge in [0.1, 0.15) is 17.2 Å². The molecule has 32 heavy (non-hydrogen) atoms. The molecule has 1 heterocycles. The van der Waals surface area contributed by atoms with Gasteiger partial charge in [-0.25, -0.2) is 5.43 Å². The van der Waals surface area contributed by atoms with Crippen LogP contribution in [0, 0.1) is 0 Å². The highest BCUT2D eigenvalue weighted by atomic mass is 16.5. The predicted molar refractivity (Wildman–Crippen MR) is 128 cm³/mol. The Bertz CT molecular complexity index is 1030. The van der Waals surface area contributed by atoms with Gasteiger partial charge >= 0.3 is 0 Å². The molecule has 7 nitrogen and oxygen atoms in total. The zero-order valence-corrected chi connectivity index (χ0v) is 19.6. The fourth-order valence-electron chi connectivity index (χ4n) is 4.00. The van der Waals surface area contributed by atoms with E-state index in [1.807, 2.05) is 12.1 Å². The Kier molecular flexibility index (Phi) is 7.08. The van der Waals surface area contributed by atoms with Gasteiger partial charge in [0, 0.05) is 29.4 Å². The summed E-state index contributed by atoms with van der Waals surface area (Å²) in [6.07, 6.45) is 3.86. The second kappa shape index (κ2) is 9.77. The van der Waals surface area contributed by atoms with Gasteiger partial charge in [-0.1, -0.05) is 6.08 Å². The van der Waals surface area contributed by atoms with E-state index in [1.165, 1.54) is 5.57 Å². The number of rotatable bonds is 8. The van der Waals surface area contributed by atoms with Gasteiger partial charge in [0.25, 0.3) is 5.91 Å². The van der Waals surface area contributed by atoms with Gasteiger partial charge in [0.2, 0.25) is 0 Å². The molecule has 0 aromatic heterocycles. The van der Waals surface area contributed by atoms with Crippen molar-refractivity contribution in [2.45, 2.75) is 33.2 Å². The van der Waals surface area contributed by atoms with Crippen LogP contribution in [0.4, 0.5) is 5.69 Å². The molecule has 0 bridgehead atoms. The number of anilines is 1. The zero-order chi connectivity index (χ0) is 23.3. The number of methoxy groups -OCH3 is 2. The molecule has 0 atom stereocenters. The second-order valence-corrected chi connectivity index (χ2v) is 8.09. The van der Waals surface area contributed by atoms with E-state index in [0.29, 0.717) is 11.5 Å². The molecule has 0 fully saturated rings. The molecule has 1 aliphatic heterocycles. The molecule has 0 radical (unpaired) electrons. The van der Waals surface area contributed by atoms with Crippen LogP contribution < -0.4 is 24.5 Å². The summed E-state index contributed by atoms with van der Waals surface area (Å²) in [6.45, 7) is 9.39. The minimum Gasteiger partial charge on any atom is -0.497 e. The summed E-state index contributed by atoms with van der Waals surface area (Å²) in [5.41, 5.74) is 6.66. The van der Waals surface area contributed by atoms with E-state index in [1.54, 1.807) is 44.7 Å². The number of nitrogens with zero attached hydrogens (tertiary/aromatic N) is 2. The monoisotopic (exact) mass is 437 g/mol. The van der Waals surface area contributed by atoms with Gasteiger partial charge in [0.05, 0.1) is 26.0 Å². The lowest BCUT2D eigenvalue weighted by Gasteiger charge is -2.43. The third-order valence-electron chi connectivity index (χ3n) is 5.47. The lowest BCUT2D eigenvalue weighted by atomic mass is 9.88. The summed E-state index contributed by atoms with van der Waals surface area (Å²) in [5.74, 6) is 1.64. The van der Waals surface area contributed by atoms with Crippen molar-refractivity contribution in [3.05, 3.63) is 53.6 Å². The van der Waals surface area contributed by atoms with Crippen LogP contribution in [-0.2, 0) is 4.79 Å². The Morgan fingerprint density at radius 3 is 2.44 bits per heavy atom. The Morgan fingerprint density at radius 1 is 1.12 bits per heavy atom. The quantitative estimate of drug-likeness (QED) is 0.494. The molecule has 0 spiro atoms. The Morgan fingerprint density at radius 2 is 1.81 bits per heavy atom. The third kappa shape index (κ3) is 5.04. The molecule has 1 aliphatic rings. The van der Waals surface area contributed by atoms with Crippen molar-refractivity contribution < 1.29 is 19.0 Å². The number of amides is 1. The average molecular weight is 438 g/mol. The van der Waals surface area contributed by atoms with Crippen molar-refractivity contribution in [2.75, 3.05) is 32.3 Å². The number of hydrogen-bond donors (Lipinski definition) is 1. The van der Waals surface area contributed by atoms with Crippen LogP contribution in [0.3, 0.4) is 0 Å². The molecule has 0 unspecified atom stereocenters. The molecular weight excluding hydrogens is 406 g/mol. The van der Waals surface area contributed by atoms with Crippen LogP contribution in [0.1, 0.15) is 38.8 Å². The van der Waals surface area contributed by atoms with Gasteiger partial charge in [0.15, 0.2) is 6.61 Å². The Hall–Kier alpha value is -3.48. The molecule has 0 aliphatic carbocycles. The first-order chi connectivity index (χ1) is 15.3. The molecule has 2 aromatic rings. The molecule has 7 heteroatoms.